The molecule has 2 aromatic rings. The van der Waals surface area contributed by atoms with Gasteiger partial charge < -0.3 is 37.2 Å². The molecule has 4 heteroatoms. The SMILES string of the molecule is CCC1=CC[C]([Ti+3])=C1C(c1ccccc1)c1ccccc1.[Cl-].[Cl-].[Cl-]. The van der Waals surface area contributed by atoms with E-state index in [1.54, 1.807) is 0 Å². The summed E-state index contributed by atoms with van der Waals surface area (Å²) >= 11 is 2.29. The average Bonchev–Trinajstić information content (AvgIpc) is 2.91. The van der Waals surface area contributed by atoms with Gasteiger partial charge in [-0.1, -0.05) is 0 Å². The average molecular weight is 414 g/mol. The predicted octanol–water partition coefficient (Wildman–Crippen LogP) is -3.63. The molecule has 3 rings (SSSR count). The number of allylic oxidation sites excluding steroid dienone is 4. The van der Waals surface area contributed by atoms with Crippen LogP contribution in [0.5, 0.6) is 0 Å². The molecule has 0 saturated carbocycles. The summed E-state index contributed by atoms with van der Waals surface area (Å²) in [5.41, 5.74) is 5.83. The Hall–Kier alpha value is -0.496. The minimum atomic E-state index is 0. The molecule has 24 heavy (non-hydrogen) atoms. The third-order valence-electron chi connectivity index (χ3n) is 4.16. The van der Waals surface area contributed by atoms with E-state index in [0.29, 0.717) is 5.92 Å². The molecule has 0 unspecified atom stereocenters. The van der Waals surface area contributed by atoms with Gasteiger partial charge in [0.2, 0.25) is 0 Å². The van der Waals surface area contributed by atoms with Crippen molar-refractivity contribution in [2.75, 3.05) is 0 Å². The Morgan fingerprint density at radius 1 is 0.833 bits per heavy atom. The Morgan fingerprint density at radius 3 is 1.71 bits per heavy atom. The molecule has 0 aliphatic heterocycles. The molecule has 0 aromatic heterocycles. The molecular weight excluding hydrogens is 394 g/mol. The van der Waals surface area contributed by atoms with Crippen LogP contribution in [0.1, 0.15) is 36.8 Å². The third-order valence-corrected chi connectivity index (χ3v) is 4.90. The van der Waals surface area contributed by atoms with Gasteiger partial charge >= 0.3 is 139 Å². The van der Waals surface area contributed by atoms with Gasteiger partial charge in [0.25, 0.3) is 0 Å². The molecule has 0 heterocycles. The van der Waals surface area contributed by atoms with E-state index in [-0.39, 0.29) is 37.2 Å². The normalized spacial score (nSPS) is 12.9. The van der Waals surface area contributed by atoms with Gasteiger partial charge in [0, 0.05) is 0 Å². The van der Waals surface area contributed by atoms with Crippen LogP contribution < -0.4 is 37.2 Å². The van der Waals surface area contributed by atoms with E-state index < -0.39 is 0 Å². The zero-order valence-electron chi connectivity index (χ0n) is 13.5. The first-order valence-electron chi connectivity index (χ1n) is 7.55. The molecule has 0 nitrogen and oxygen atoms in total. The molecule has 0 spiro atoms. The van der Waals surface area contributed by atoms with Gasteiger partial charge in [0.15, 0.2) is 0 Å². The Balaban J connectivity index is 0.00000176. The van der Waals surface area contributed by atoms with Crippen molar-refractivity contribution in [3.63, 3.8) is 0 Å². The van der Waals surface area contributed by atoms with Gasteiger partial charge in [-0.3, -0.25) is 0 Å². The molecule has 0 atom stereocenters. The standard InChI is InChI=1S/C20H19.3ClH.Ti/c1-2-16-14-9-15-19(16)20(17-10-5-3-6-11-17)18-12-7-4-8-13-18;;;;/h3-8,10-14,20H,2,9H2,1H3;3*1H;/q;;;;+3/p-3. The first kappa shape index (κ1) is 23.5. The molecule has 0 amide bonds. The quantitative estimate of drug-likeness (QED) is 0.454. The van der Waals surface area contributed by atoms with Crippen LogP contribution in [0.15, 0.2) is 81.8 Å². The summed E-state index contributed by atoms with van der Waals surface area (Å²) < 4.78 is 1.52. The van der Waals surface area contributed by atoms with Crippen LogP contribution in [-0.4, -0.2) is 0 Å². The second-order valence-electron chi connectivity index (χ2n) is 5.43. The molecule has 0 radical (unpaired) electrons. The zero-order valence-corrected chi connectivity index (χ0v) is 17.3. The van der Waals surface area contributed by atoms with Crippen molar-refractivity contribution < 1.29 is 57.7 Å². The maximum atomic E-state index is 2.41. The predicted molar refractivity (Wildman–Crippen MR) is 84.7 cm³/mol. The number of hydrogen-bond acceptors (Lipinski definition) is 0. The summed E-state index contributed by atoms with van der Waals surface area (Å²) in [5, 5.41) is 0. The topological polar surface area (TPSA) is 0 Å². The first-order valence-corrected chi connectivity index (χ1v) is 8.33. The monoisotopic (exact) mass is 412 g/mol. The van der Waals surface area contributed by atoms with E-state index in [1.807, 2.05) is 0 Å². The van der Waals surface area contributed by atoms with Crippen molar-refractivity contribution in [3.05, 3.63) is 92.9 Å². The summed E-state index contributed by atoms with van der Waals surface area (Å²) in [6.45, 7) is 2.26. The van der Waals surface area contributed by atoms with E-state index in [1.165, 1.54) is 26.2 Å². The Labute approximate surface area is 175 Å². The second-order valence-corrected chi connectivity index (χ2v) is 6.38. The summed E-state index contributed by atoms with van der Waals surface area (Å²) in [7, 11) is 0. The molecule has 1 aliphatic rings. The van der Waals surface area contributed by atoms with Gasteiger partial charge in [-0.05, 0) is 0 Å². The van der Waals surface area contributed by atoms with Crippen molar-refractivity contribution in [1.82, 2.24) is 0 Å². The molecule has 0 bridgehead atoms. The smallest absolute Gasteiger partial charge is 1.00 e. The van der Waals surface area contributed by atoms with Gasteiger partial charge in [0.05, 0.1) is 0 Å². The van der Waals surface area contributed by atoms with Gasteiger partial charge in [0.1, 0.15) is 0 Å². The van der Waals surface area contributed by atoms with Crippen molar-refractivity contribution >= 4 is 0 Å². The molecule has 1 aliphatic carbocycles. The van der Waals surface area contributed by atoms with E-state index in [0.717, 1.165) is 12.8 Å². The molecule has 2 aromatic carbocycles. The van der Waals surface area contributed by atoms with Gasteiger partial charge in [-0.2, -0.15) is 0 Å². The largest absolute Gasteiger partial charge is 1.00 e. The molecule has 0 N–H and O–H groups in total. The minimum Gasteiger partial charge on any atom is -1.00 e. The van der Waals surface area contributed by atoms with Gasteiger partial charge in [-0.25, -0.2) is 0 Å². The fourth-order valence-corrected chi connectivity index (χ4v) is 3.79. The molecule has 124 valence electrons. The van der Waals surface area contributed by atoms with Crippen LogP contribution in [0.25, 0.3) is 0 Å². The fraction of sp³-hybridized carbons (Fsp3) is 0.200. The summed E-state index contributed by atoms with van der Waals surface area (Å²) in [4.78, 5) is 0. The second kappa shape index (κ2) is 11.2. The maximum Gasteiger partial charge on any atom is -1.00 e. The van der Waals surface area contributed by atoms with Crippen LogP contribution in [0, 0.1) is 0 Å². The minimum absolute atomic E-state index is 0. The van der Waals surface area contributed by atoms with Crippen LogP contribution >= 0.6 is 0 Å². The Kier molecular flexibility index (Phi) is 11.0. The number of rotatable bonds is 4. The number of halogens is 3. The van der Waals surface area contributed by atoms with Crippen molar-refractivity contribution in [3.8, 4) is 0 Å². The molecule has 0 saturated heterocycles. The third kappa shape index (κ3) is 5.00. The molecular formula is C20H19Cl3Ti. The van der Waals surface area contributed by atoms with E-state index in [4.69, 9.17) is 0 Å². The zero-order chi connectivity index (χ0) is 14.7. The van der Waals surface area contributed by atoms with Crippen LogP contribution in [0.4, 0.5) is 0 Å². The summed E-state index contributed by atoms with van der Waals surface area (Å²) in [6, 6.07) is 21.8. The number of benzene rings is 2. The van der Waals surface area contributed by atoms with Gasteiger partial charge in [-0.15, -0.1) is 0 Å². The van der Waals surface area contributed by atoms with Crippen molar-refractivity contribution in [2.45, 2.75) is 25.7 Å². The summed E-state index contributed by atoms with van der Waals surface area (Å²) in [5.74, 6) is 0.362. The number of hydrogen-bond donors (Lipinski definition) is 0. The van der Waals surface area contributed by atoms with E-state index >= 15 is 0 Å². The van der Waals surface area contributed by atoms with Crippen LogP contribution in [0.2, 0.25) is 0 Å². The maximum absolute atomic E-state index is 2.41. The molecule has 0 fully saturated rings. The van der Waals surface area contributed by atoms with Crippen LogP contribution in [-0.2, 0) is 20.4 Å². The van der Waals surface area contributed by atoms with E-state index in [2.05, 4.69) is 94.1 Å². The fourth-order valence-electron chi connectivity index (χ4n) is 3.15. The Bertz CT molecular complexity index is 639. The van der Waals surface area contributed by atoms with Crippen LogP contribution in [0.3, 0.4) is 0 Å². The van der Waals surface area contributed by atoms with E-state index in [9.17, 15) is 0 Å². The van der Waals surface area contributed by atoms with Crippen molar-refractivity contribution in [1.29, 1.82) is 0 Å². The summed E-state index contributed by atoms with van der Waals surface area (Å²) in [6.07, 6.45) is 4.63. The first-order chi connectivity index (χ1) is 10.3. The Morgan fingerprint density at radius 2 is 1.29 bits per heavy atom. The van der Waals surface area contributed by atoms with Crippen molar-refractivity contribution in [2.24, 2.45) is 0 Å².